The molecule has 1 saturated heterocycles. The highest BCUT2D eigenvalue weighted by Gasteiger charge is 2.39. The van der Waals surface area contributed by atoms with Gasteiger partial charge in [0.1, 0.15) is 12.7 Å². The maximum Gasteiger partial charge on any atom is 0.308 e. The second-order valence-electron chi connectivity index (χ2n) is 5.83. The first-order chi connectivity index (χ1) is 11.3. The maximum atomic E-state index is 11.8. The lowest BCUT2D eigenvalue weighted by molar-refractivity contribution is -0.156. The van der Waals surface area contributed by atoms with Gasteiger partial charge in [0.05, 0.1) is 17.7 Å². The second-order valence-corrected chi connectivity index (χ2v) is 5.83. The van der Waals surface area contributed by atoms with Crippen molar-refractivity contribution in [2.24, 2.45) is 5.92 Å². The Bertz CT molecular complexity index is 503. The van der Waals surface area contributed by atoms with Crippen molar-refractivity contribution in [2.75, 3.05) is 6.61 Å². The van der Waals surface area contributed by atoms with Crippen LogP contribution in [0.4, 0.5) is 0 Å². The number of esters is 1. The zero-order valence-electron chi connectivity index (χ0n) is 14.4. The van der Waals surface area contributed by atoms with Crippen molar-refractivity contribution in [2.45, 2.75) is 52.6 Å². The lowest BCUT2D eigenvalue weighted by Crippen LogP contribution is -2.41. The third-order valence-corrected chi connectivity index (χ3v) is 3.54. The molecule has 1 amide bonds. The Kier molecular flexibility index (Phi) is 7.90. The van der Waals surface area contributed by atoms with Crippen LogP contribution in [-0.2, 0) is 19.1 Å². The minimum Gasteiger partial charge on any atom is -0.463 e. The number of hydrogen-bond donors (Lipinski definition) is 3. The minimum absolute atomic E-state index is 0.0261. The molecule has 8 heteroatoms. The molecule has 0 radical (unpaired) electrons. The maximum absolute atomic E-state index is 11.8. The first kappa shape index (κ1) is 20.1. The number of aliphatic hydroxyl groups is 1. The van der Waals surface area contributed by atoms with Crippen LogP contribution in [-0.4, -0.2) is 52.1 Å². The second kappa shape index (κ2) is 9.41. The van der Waals surface area contributed by atoms with Crippen LogP contribution in [0.3, 0.4) is 0 Å². The van der Waals surface area contributed by atoms with Crippen LogP contribution in [0.5, 0.6) is 0 Å². The topological polar surface area (TPSA) is 108 Å². The normalized spacial score (nSPS) is 24.5. The van der Waals surface area contributed by atoms with E-state index in [1.807, 2.05) is 5.48 Å². The molecule has 0 aromatic heterocycles. The number of ether oxygens (including phenoxy) is 2. The summed E-state index contributed by atoms with van der Waals surface area (Å²) < 4.78 is 10.8. The monoisotopic (exact) mass is 342 g/mol. The molecule has 1 heterocycles. The van der Waals surface area contributed by atoms with E-state index in [9.17, 15) is 14.7 Å². The molecule has 1 aliphatic rings. The summed E-state index contributed by atoms with van der Waals surface area (Å²) in [6, 6.07) is 0. The highest BCUT2D eigenvalue weighted by molar-refractivity contribution is 5.74. The highest BCUT2D eigenvalue weighted by Crippen LogP contribution is 2.24. The van der Waals surface area contributed by atoms with Gasteiger partial charge >= 0.3 is 5.97 Å². The number of nitrogens with one attached hydrogen (secondary N) is 1. The zero-order valence-corrected chi connectivity index (χ0v) is 14.4. The van der Waals surface area contributed by atoms with E-state index in [-0.39, 0.29) is 30.8 Å². The highest BCUT2D eigenvalue weighted by atomic mass is 16.6. The number of allylic oxidation sites excluding steroid dienone is 2. The Morgan fingerprint density at radius 1 is 1.46 bits per heavy atom. The van der Waals surface area contributed by atoms with Crippen LogP contribution >= 0.6 is 0 Å². The zero-order chi connectivity index (χ0) is 18.3. The Morgan fingerprint density at radius 2 is 2.12 bits per heavy atom. The standard InChI is InChI=1S/C16H26N2O6/c1-5-12(17-22)6-7-18(11(4)19)15-14(20)8-13(24-15)9-23-16(21)10(2)3/h5-7,10,13-15,17,20,22H,8-9H2,1-4H3/b7-6-,12-5-/t13?,14-,15?/m1/s1. The molecule has 0 spiro atoms. The third-order valence-electron chi connectivity index (χ3n) is 3.54. The summed E-state index contributed by atoms with van der Waals surface area (Å²) >= 11 is 0. The largest absolute Gasteiger partial charge is 0.463 e. The molecule has 0 aliphatic carbocycles. The molecule has 1 rings (SSSR count). The van der Waals surface area contributed by atoms with Crippen molar-refractivity contribution in [3.8, 4) is 0 Å². The number of rotatable bonds is 7. The summed E-state index contributed by atoms with van der Waals surface area (Å²) in [5.74, 6) is -0.913. The number of aliphatic hydroxyl groups excluding tert-OH is 1. The Hall–Kier alpha value is -1.90. The van der Waals surface area contributed by atoms with E-state index in [4.69, 9.17) is 14.7 Å². The van der Waals surface area contributed by atoms with Gasteiger partial charge in [-0.05, 0) is 13.0 Å². The molecule has 1 fully saturated rings. The van der Waals surface area contributed by atoms with Crippen molar-refractivity contribution in [1.29, 1.82) is 0 Å². The Labute approximate surface area is 141 Å². The van der Waals surface area contributed by atoms with E-state index in [2.05, 4.69) is 0 Å². The summed E-state index contributed by atoms with van der Waals surface area (Å²) in [6.07, 6.45) is 2.48. The van der Waals surface area contributed by atoms with E-state index in [1.165, 1.54) is 24.1 Å². The Balaban J connectivity index is 2.72. The molecule has 8 nitrogen and oxygen atoms in total. The van der Waals surface area contributed by atoms with Gasteiger partial charge in [-0.3, -0.25) is 25.2 Å². The summed E-state index contributed by atoms with van der Waals surface area (Å²) in [5.41, 5.74) is 2.36. The number of hydrogen-bond acceptors (Lipinski definition) is 7. The van der Waals surface area contributed by atoms with Crippen LogP contribution in [0.1, 0.15) is 34.1 Å². The summed E-state index contributed by atoms with van der Waals surface area (Å²) in [7, 11) is 0. The predicted molar refractivity (Wildman–Crippen MR) is 85.4 cm³/mol. The molecule has 0 aromatic rings. The van der Waals surface area contributed by atoms with Crippen LogP contribution in [0.2, 0.25) is 0 Å². The first-order valence-corrected chi connectivity index (χ1v) is 7.83. The summed E-state index contributed by atoms with van der Waals surface area (Å²) in [4.78, 5) is 24.6. The molecule has 0 aromatic carbocycles. The van der Waals surface area contributed by atoms with Crippen LogP contribution in [0, 0.1) is 5.92 Å². The molecule has 0 saturated carbocycles. The smallest absolute Gasteiger partial charge is 0.308 e. The van der Waals surface area contributed by atoms with Gasteiger partial charge in [-0.25, -0.2) is 0 Å². The summed E-state index contributed by atoms with van der Waals surface area (Å²) in [6.45, 7) is 6.53. The molecule has 3 N–H and O–H groups in total. The minimum atomic E-state index is -0.905. The van der Waals surface area contributed by atoms with E-state index in [0.717, 1.165) is 0 Å². The van der Waals surface area contributed by atoms with Crippen molar-refractivity contribution in [1.82, 2.24) is 10.4 Å². The lowest BCUT2D eigenvalue weighted by Gasteiger charge is -2.26. The molecular formula is C16H26N2O6. The van der Waals surface area contributed by atoms with Crippen molar-refractivity contribution in [3.63, 3.8) is 0 Å². The van der Waals surface area contributed by atoms with E-state index >= 15 is 0 Å². The number of carbonyl (C=O) groups is 2. The predicted octanol–water partition coefficient (Wildman–Crippen LogP) is 0.906. The average Bonchev–Trinajstić information content (AvgIpc) is 2.89. The van der Waals surface area contributed by atoms with Gasteiger partial charge in [-0.2, -0.15) is 0 Å². The number of amides is 1. The lowest BCUT2D eigenvalue weighted by atomic mass is 10.2. The molecule has 0 bridgehead atoms. The van der Waals surface area contributed by atoms with Crippen molar-refractivity contribution < 1.29 is 29.4 Å². The number of hydroxylamine groups is 1. The quantitative estimate of drug-likeness (QED) is 0.358. The Morgan fingerprint density at radius 3 is 2.62 bits per heavy atom. The fraction of sp³-hybridized carbons (Fsp3) is 0.625. The van der Waals surface area contributed by atoms with E-state index in [0.29, 0.717) is 5.70 Å². The third kappa shape index (κ3) is 5.63. The number of nitrogens with zero attached hydrogens (tertiary/aromatic N) is 1. The van der Waals surface area contributed by atoms with Gasteiger partial charge < -0.3 is 14.6 Å². The van der Waals surface area contributed by atoms with Crippen LogP contribution in [0.15, 0.2) is 24.0 Å². The van der Waals surface area contributed by atoms with Gasteiger partial charge in [-0.15, -0.1) is 0 Å². The number of carbonyl (C=O) groups excluding carboxylic acids is 2. The van der Waals surface area contributed by atoms with Crippen molar-refractivity contribution >= 4 is 11.9 Å². The molecule has 3 atom stereocenters. The molecule has 2 unspecified atom stereocenters. The molecular weight excluding hydrogens is 316 g/mol. The van der Waals surface area contributed by atoms with E-state index in [1.54, 1.807) is 26.8 Å². The SMILES string of the molecule is C/C=C(/C=C\N(C(C)=O)C1OC(COC(=O)C(C)C)C[C@H]1O)NO. The summed E-state index contributed by atoms with van der Waals surface area (Å²) in [5, 5.41) is 19.1. The van der Waals surface area contributed by atoms with Gasteiger partial charge in [0.15, 0.2) is 6.23 Å². The van der Waals surface area contributed by atoms with Crippen LogP contribution < -0.4 is 5.48 Å². The molecule has 136 valence electrons. The fourth-order valence-electron chi connectivity index (χ4n) is 2.16. The van der Waals surface area contributed by atoms with Gasteiger partial charge in [-0.1, -0.05) is 19.9 Å². The average molecular weight is 342 g/mol. The molecule has 24 heavy (non-hydrogen) atoms. The van der Waals surface area contributed by atoms with Crippen LogP contribution in [0.25, 0.3) is 0 Å². The van der Waals surface area contributed by atoms with Gasteiger partial charge in [0, 0.05) is 19.5 Å². The van der Waals surface area contributed by atoms with E-state index < -0.39 is 18.4 Å². The van der Waals surface area contributed by atoms with Gasteiger partial charge in [0.2, 0.25) is 5.91 Å². The van der Waals surface area contributed by atoms with Gasteiger partial charge in [0.25, 0.3) is 0 Å². The van der Waals surface area contributed by atoms with Crippen molar-refractivity contribution in [3.05, 3.63) is 24.0 Å². The first-order valence-electron chi connectivity index (χ1n) is 7.83. The molecule has 1 aliphatic heterocycles. The fourth-order valence-corrected chi connectivity index (χ4v) is 2.16.